The fourth-order valence-electron chi connectivity index (χ4n) is 1.26. The molecule has 1 heterocycles. The van der Waals surface area contributed by atoms with Crippen molar-refractivity contribution >= 4 is 5.91 Å². The quantitative estimate of drug-likeness (QED) is 0.769. The Morgan fingerprint density at radius 3 is 2.81 bits per heavy atom. The fraction of sp³-hybridized carbons (Fsp3) is 0.583. The van der Waals surface area contributed by atoms with Crippen LogP contribution in [-0.2, 0) is 11.3 Å². The second-order valence-corrected chi connectivity index (χ2v) is 4.33. The van der Waals surface area contributed by atoms with Gasteiger partial charge < -0.3 is 15.1 Å². The largest absolute Gasteiger partial charge is 0.468 e. The molecule has 0 aliphatic carbocycles. The van der Waals surface area contributed by atoms with Crippen LogP contribution in [0.5, 0.6) is 0 Å². The summed E-state index contributed by atoms with van der Waals surface area (Å²) in [6, 6.07) is 1.91. The Labute approximate surface area is 96.4 Å². The van der Waals surface area contributed by atoms with Crippen LogP contribution in [0.25, 0.3) is 0 Å². The first-order valence-corrected chi connectivity index (χ1v) is 5.60. The monoisotopic (exact) mass is 224 g/mol. The van der Waals surface area contributed by atoms with Crippen molar-refractivity contribution in [1.29, 1.82) is 0 Å². The first-order chi connectivity index (χ1) is 7.59. The molecule has 0 spiro atoms. The fourth-order valence-corrected chi connectivity index (χ4v) is 1.26. The molecule has 0 radical (unpaired) electrons. The van der Waals surface area contributed by atoms with E-state index in [-0.39, 0.29) is 5.91 Å². The number of hydrogen-bond acceptors (Lipinski definition) is 3. The molecule has 1 rings (SSSR count). The second-order valence-electron chi connectivity index (χ2n) is 4.33. The first-order valence-electron chi connectivity index (χ1n) is 5.60. The Balaban J connectivity index is 2.16. The maximum Gasteiger partial charge on any atom is 0.233 e. The molecule has 0 aliphatic rings. The van der Waals surface area contributed by atoms with E-state index in [9.17, 15) is 4.79 Å². The van der Waals surface area contributed by atoms with Gasteiger partial charge in [-0.3, -0.25) is 4.79 Å². The highest BCUT2D eigenvalue weighted by molar-refractivity contribution is 5.77. The molecule has 4 heteroatoms. The molecule has 0 bridgehead atoms. The minimum atomic E-state index is 0.0258. The van der Waals surface area contributed by atoms with Crippen LogP contribution in [0, 0.1) is 12.8 Å². The Morgan fingerprint density at radius 2 is 2.25 bits per heavy atom. The summed E-state index contributed by atoms with van der Waals surface area (Å²) in [5.41, 5.74) is 1.11. The van der Waals surface area contributed by atoms with Crippen LogP contribution < -0.4 is 10.6 Å². The van der Waals surface area contributed by atoms with Gasteiger partial charge in [-0.15, -0.1) is 0 Å². The van der Waals surface area contributed by atoms with Crippen LogP contribution in [-0.4, -0.2) is 19.0 Å². The molecule has 0 aliphatic heterocycles. The molecule has 0 fully saturated rings. The van der Waals surface area contributed by atoms with Gasteiger partial charge in [0.25, 0.3) is 0 Å². The number of amides is 1. The molecule has 1 aromatic heterocycles. The van der Waals surface area contributed by atoms with E-state index < -0.39 is 0 Å². The molecule has 0 atom stereocenters. The van der Waals surface area contributed by atoms with E-state index in [0.29, 0.717) is 19.0 Å². The standard InChI is InChI=1S/C12H20N2O2/c1-9(2)6-14-12(15)8-13-7-11-10(3)4-5-16-11/h4-5,9,13H,6-8H2,1-3H3,(H,14,15). The first kappa shape index (κ1) is 12.8. The van der Waals surface area contributed by atoms with Gasteiger partial charge in [0.2, 0.25) is 5.91 Å². The molecular weight excluding hydrogens is 204 g/mol. The lowest BCUT2D eigenvalue weighted by atomic mass is 10.2. The minimum Gasteiger partial charge on any atom is -0.468 e. The zero-order chi connectivity index (χ0) is 12.0. The molecule has 90 valence electrons. The molecule has 0 saturated heterocycles. The minimum absolute atomic E-state index is 0.0258. The van der Waals surface area contributed by atoms with E-state index >= 15 is 0 Å². The average Bonchev–Trinajstić information content (AvgIpc) is 2.61. The van der Waals surface area contributed by atoms with Crippen molar-refractivity contribution in [2.24, 2.45) is 5.92 Å². The van der Waals surface area contributed by atoms with Crippen molar-refractivity contribution in [3.8, 4) is 0 Å². The highest BCUT2D eigenvalue weighted by atomic mass is 16.3. The van der Waals surface area contributed by atoms with Gasteiger partial charge in [0.1, 0.15) is 5.76 Å². The van der Waals surface area contributed by atoms with Gasteiger partial charge in [0.15, 0.2) is 0 Å². The van der Waals surface area contributed by atoms with Crippen molar-refractivity contribution < 1.29 is 9.21 Å². The van der Waals surface area contributed by atoms with Crippen LogP contribution in [0.15, 0.2) is 16.7 Å². The highest BCUT2D eigenvalue weighted by Gasteiger charge is 2.04. The van der Waals surface area contributed by atoms with Crippen molar-refractivity contribution in [2.45, 2.75) is 27.3 Å². The summed E-state index contributed by atoms with van der Waals surface area (Å²) >= 11 is 0. The molecule has 0 saturated carbocycles. The van der Waals surface area contributed by atoms with Crippen molar-refractivity contribution in [3.63, 3.8) is 0 Å². The van der Waals surface area contributed by atoms with Gasteiger partial charge >= 0.3 is 0 Å². The van der Waals surface area contributed by atoms with Crippen molar-refractivity contribution in [3.05, 3.63) is 23.7 Å². The third-order valence-corrected chi connectivity index (χ3v) is 2.25. The predicted molar refractivity (Wildman–Crippen MR) is 63.0 cm³/mol. The summed E-state index contributed by atoms with van der Waals surface area (Å²) in [5.74, 6) is 1.39. The SMILES string of the molecule is Cc1ccoc1CNCC(=O)NCC(C)C. The number of carbonyl (C=O) groups excluding carboxylic acids is 1. The van der Waals surface area contributed by atoms with Gasteiger partial charge in [-0.2, -0.15) is 0 Å². The highest BCUT2D eigenvalue weighted by Crippen LogP contribution is 2.07. The predicted octanol–water partition coefficient (Wildman–Crippen LogP) is 1.45. The Hall–Kier alpha value is -1.29. The topological polar surface area (TPSA) is 54.3 Å². The smallest absolute Gasteiger partial charge is 0.233 e. The number of furan rings is 1. The van der Waals surface area contributed by atoms with Crippen LogP contribution in [0.3, 0.4) is 0 Å². The Morgan fingerprint density at radius 1 is 1.50 bits per heavy atom. The second kappa shape index (κ2) is 6.33. The summed E-state index contributed by atoms with van der Waals surface area (Å²) in [6.07, 6.45) is 1.66. The van der Waals surface area contributed by atoms with E-state index in [1.807, 2.05) is 13.0 Å². The summed E-state index contributed by atoms with van der Waals surface area (Å²) in [7, 11) is 0. The van der Waals surface area contributed by atoms with E-state index in [1.54, 1.807) is 6.26 Å². The lowest BCUT2D eigenvalue weighted by Gasteiger charge is -2.08. The number of aryl methyl sites for hydroxylation is 1. The third-order valence-electron chi connectivity index (χ3n) is 2.25. The zero-order valence-corrected chi connectivity index (χ0v) is 10.2. The van der Waals surface area contributed by atoms with Gasteiger partial charge in [-0.25, -0.2) is 0 Å². The molecule has 2 N–H and O–H groups in total. The summed E-state index contributed by atoms with van der Waals surface area (Å²) in [5, 5.41) is 5.89. The summed E-state index contributed by atoms with van der Waals surface area (Å²) < 4.78 is 5.25. The van der Waals surface area contributed by atoms with Crippen molar-refractivity contribution in [2.75, 3.05) is 13.1 Å². The zero-order valence-electron chi connectivity index (χ0n) is 10.2. The number of hydrogen-bond donors (Lipinski definition) is 2. The maximum atomic E-state index is 11.4. The lowest BCUT2D eigenvalue weighted by Crippen LogP contribution is -2.35. The molecular formula is C12H20N2O2. The lowest BCUT2D eigenvalue weighted by molar-refractivity contribution is -0.120. The van der Waals surface area contributed by atoms with Gasteiger partial charge in [0, 0.05) is 6.54 Å². The average molecular weight is 224 g/mol. The third kappa shape index (κ3) is 4.49. The van der Waals surface area contributed by atoms with E-state index in [2.05, 4.69) is 24.5 Å². The molecule has 0 unspecified atom stereocenters. The molecule has 1 amide bonds. The molecule has 4 nitrogen and oxygen atoms in total. The normalized spacial score (nSPS) is 10.8. The Bertz CT molecular complexity index is 332. The molecule has 1 aromatic rings. The number of carbonyl (C=O) groups is 1. The summed E-state index contributed by atoms with van der Waals surface area (Å²) in [4.78, 5) is 11.4. The van der Waals surface area contributed by atoms with Gasteiger partial charge in [-0.1, -0.05) is 13.8 Å². The van der Waals surface area contributed by atoms with Gasteiger partial charge in [-0.05, 0) is 24.5 Å². The van der Waals surface area contributed by atoms with Crippen LogP contribution >= 0.6 is 0 Å². The Kier molecular flexibility index (Phi) is 5.05. The number of nitrogens with one attached hydrogen (secondary N) is 2. The van der Waals surface area contributed by atoms with Crippen LogP contribution in [0.1, 0.15) is 25.2 Å². The molecule has 16 heavy (non-hydrogen) atoms. The van der Waals surface area contributed by atoms with Crippen LogP contribution in [0.4, 0.5) is 0 Å². The van der Waals surface area contributed by atoms with Crippen molar-refractivity contribution in [1.82, 2.24) is 10.6 Å². The molecule has 0 aromatic carbocycles. The number of rotatable bonds is 6. The van der Waals surface area contributed by atoms with Crippen LogP contribution in [0.2, 0.25) is 0 Å². The van der Waals surface area contributed by atoms with E-state index in [4.69, 9.17) is 4.42 Å². The maximum absolute atomic E-state index is 11.4. The van der Waals surface area contributed by atoms with Gasteiger partial charge in [0.05, 0.1) is 19.4 Å². The van der Waals surface area contributed by atoms with E-state index in [0.717, 1.165) is 17.9 Å². The summed E-state index contributed by atoms with van der Waals surface area (Å²) in [6.45, 7) is 7.76. The van der Waals surface area contributed by atoms with E-state index in [1.165, 1.54) is 0 Å².